The van der Waals surface area contributed by atoms with Gasteiger partial charge in [0.15, 0.2) is 0 Å². The number of carboxylic acid groups (broad SMARTS) is 1. The molecule has 1 heterocycles. The Morgan fingerprint density at radius 2 is 1.74 bits per heavy atom. The molecule has 0 atom stereocenters. The van der Waals surface area contributed by atoms with Crippen LogP contribution in [0.5, 0.6) is 0 Å². The lowest BCUT2D eigenvalue weighted by Crippen LogP contribution is -2.40. The monoisotopic (exact) mass is 271 g/mol. The number of carbonyl (C=O) groups is 1. The summed E-state index contributed by atoms with van der Waals surface area (Å²) in [5, 5.41) is 8.81. The highest BCUT2D eigenvalue weighted by Crippen LogP contribution is 2.08. The highest BCUT2D eigenvalue weighted by molar-refractivity contribution is 5.66. The summed E-state index contributed by atoms with van der Waals surface area (Å²) in [5.74, 6) is -0.701. The van der Waals surface area contributed by atoms with E-state index < -0.39 is 5.97 Å². The second-order valence-corrected chi connectivity index (χ2v) is 5.69. The quantitative estimate of drug-likeness (QED) is 0.672. The standard InChI is InChI=1S/C14H29N3O2/c1-15(2)10-11-17(9-6-14(18)19)13-12-16-7-4-3-5-8-16/h3-13H2,1-2H3,(H,18,19). The lowest BCUT2D eigenvalue weighted by molar-refractivity contribution is -0.137. The molecule has 19 heavy (non-hydrogen) atoms. The van der Waals surface area contributed by atoms with E-state index in [0.29, 0.717) is 6.54 Å². The van der Waals surface area contributed by atoms with Crippen LogP contribution in [0.15, 0.2) is 0 Å². The van der Waals surface area contributed by atoms with Crippen molar-refractivity contribution in [2.24, 2.45) is 0 Å². The maximum atomic E-state index is 10.7. The molecule has 0 saturated carbocycles. The van der Waals surface area contributed by atoms with Gasteiger partial charge in [-0.3, -0.25) is 4.79 Å². The van der Waals surface area contributed by atoms with Gasteiger partial charge in [0.2, 0.25) is 0 Å². The Morgan fingerprint density at radius 3 is 2.32 bits per heavy atom. The lowest BCUT2D eigenvalue weighted by atomic mass is 10.1. The highest BCUT2D eigenvalue weighted by Gasteiger charge is 2.13. The summed E-state index contributed by atoms with van der Waals surface area (Å²) in [6.45, 7) is 7.08. The van der Waals surface area contributed by atoms with Crippen LogP contribution >= 0.6 is 0 Å². The zero-order valence-corrected chi connectivity index (χ0v) is 12.5. The number of rotatable bonds is 9. The highest BCUT2D eigenvalue weighted by atomic mass is 16.4. The van der Waals surface area contributed by atoms with Crippen LogP contribution in [0.1, 0.15) is 25.7 Å². The van der Waals surface area contributed by atoms with Gasteiger partial charge in [0, 0.05) is 32.7 Å². The van der Waals surface area contributed by atoms with E-state index in [2.05, 4.69) is 28.8 Å². The number of carboxylic acids is 1. The zero-order valence-electron chi connectivity index (χ0n) is 12.5. The van der Waals surface area contributed by atoms with Crippen LogP contribution in [0.2, 0.25) is 0 Å². The maximum Gasteiger partial charge on any atom is 0.304 e. The van der Waals surface area contributed by atoms with Crippen molar-refractivity contribution in [3.8, 4) is 0 Å². The Labute approximate surface area is 117 Å². The van der Waals surface area contributed by atoms with Crippen molar-refractivity contribution < 1.29 is 9.90 Å². The van der Waals surface area contributed by atoms with Gasteiger partial charge in [-0.25, -0.2) is 0 Å². The van der Waals surface area contributed by atoms with E-state index in [1.807, 2.05) is 0 Å². The molecule has 1 N–H and O–H groups in total. The SMILES string of the molecule is CN(C)CCN(CCC(=O)O)CCN1CCCCC1. The van der Waals surface area contributed by atoms with Gasteiger partial charge in [-0.1, -0.05) is 6.42 Å². The number of aliphatic carboxylic acids is 1. The molecule has 112 valence electrons. The average molecular weight is 271 g/mol. The van der Waals surface area contributed by atoms with E-state index in [0.717, 1.165) is 26.2 Å². The molecule has 0 bridgehead atoms. The maximum absolute atomic E-state index is 10.7. The first-order valence-electron chi connectivity index (χ1n) is 7.39. The van der Waals surface area contributed by atoms with Crippen molar-refractivity contribution in [2.75, 3.05) is 59.9 Å². The van der Waals surface area contributed by atoms with Crippen molar-refractivity contribution >= 4 is 5.97 Å². The van der Waals surface area contributed by atoms with Gasteiger partial charge in [-0.2, -0.15) is 0 Å². The van der Waals surface area contributed by atoms with Gasteiger partial charge in [-0.15, -0.1) is 0 Å². The second-order valence-electron chi connectivity index (χ2n) is 5.69. The summed E-state index contributed by atoms with van der Waals surface area (Å²) in [6.07, 6.45) is 4.23. The molecule has 0 aliphatic carbocycles. The third kappa shape index (κ3) is 8.18. The van der Waals surface area contributed by atoms with E-state index in [1.54, 1.807) is 0 Å². The first-order valence-corrected chi connectivity index (χ1v) is 7.39. The van der Waals surface area contributed by atoms with Gasteiger partial charge in [-0.05, 0) is 40.0 Å². The van der Waals surface area contributed by atoms with Crippen molar-refractivity contribution in [3.05, 3.63) is 0 Å². The summed E-state index contributed by atoms with van der Waals surface area (Å²) in [7, 11) is 4.11. The molecule has 5 nitrogen and oxygen atoms in total. The van der Waals surface area contributed by atoms with Gasteiger partial charge in [0.05, 0.1) is 6.42 Å². The number of likely N-dealkylation sites (N-methyl/N-ethyl adjacent to an activating group) is 1. The Bertz CT molecular complexity index is 253. The van der Waals surface area contributed by atoms with Gasteiger partial charge >= 0.3 is 5.97 Å². The minimum absolute atomic E-state index is 0.243. The molecule has 0 radical (unpaired) electrons. The molecular formula is C14H29N3O2. The van der Waals surface area contributed by atoms with Crippen molar-refractivity contribution in [2.45, 2.75) is 25.7 Å². The van der Waals surface area contributed by atoms with E-state index in [1.165, 1.54) is 32.4 Å². The van der Waals surface area contributed by atoms with Crippen molar-refractivity contribution in [1.29, 1.82) is 0 Å². The number of hydrogen-bond donors (Lipinski definition) is 1. The summed E-state index contributed by atoms with van der Waals surface area (Å²) in [5.41, 5.74) is 0. The number of likely N-dealkylation sites (tertiary alicyclic amines) is 1. The van der Waals surface area contributed by atoms with Crippen LogP contribution < -0.4 is 0 Å². The number of hydrogen-bond acceptors (Lipinski definition) is 4. The molecule has 0 spiro atoms. The van der Waals surface area contributed by atoms with Gasteiger partial charge in [0.1, 0.15) is 0 Å². The van der Waals surface area contributed by atoms with Gasteiger partial charge in [0.25, 0.3) is 0 Å². The summed E-state index contributed by atoms with van der Waals surface area (Å²) < 4.78 is 0. The second kappa shape index (κ2) is 9.28. The molecule has 0 aromatic heterocycles. The molecular weight excluding hydrogens is 242 g/mol. The lowest BCUT2D eigenvalue weighted by Gasteiger charge is -2.30. The third-order valence-corrected chi connectivity index (χ3v) is 3.69. The van der Waals surface area contributed by atoms with Crippen LogP contribution in [-0.4, -0.2) is 85.7 Å². The third-order valence-electron chi connectivity index (χ3n) is 3.69. The smallest absolute Gasteiger partial charge is 0.304 e. The molecule has 1 fully saturated rings. The number of piperidine rings is 1. The fourth-order valence-electron chi connectivity index (χ4n) is 2.40. The predicted molar refractivity (Wildman–Crippen MR) is 77.5 cm³/mol. The minimum atomic E-state index is -0.701. The molecule has 0 aromatic carbocycles. The Morgan fingerprint density at radius 1 is 1.05 bits per heavy atom. The fourth-order valence-corrected chi connectivity index (χ4v) is 2.40. The van der Waals surface area contributed by atoms with Crippen LogP contribution in [-0.2, 0) is 4.79 Å². The largest absolute Gasteiger partial charge is 0.481 e. The van der Waals surface area contributed by atoms with Crippen LogP contribution in [0.4, 0.5) is 0 Å². The molecule has 1 rings (SSSR count). The summed E-state index contributed by atoms with van der Waals surface area (Å²) >= 11 is 0. The van der Waals surface area contributed by atoms with E-state index in [4.69, 9.17) is 5.11 Å². The van der Waals surface area contributed by atoms with Crippen molar-refractivity contribution in [1.82, 2.24) is 14.7 Å². The minimum Gasteiger partial charge on any atom is -0.481 e. The molecule has 1 aliphatic rings. The molecule has 0 unspecified atom stereocenters. The Kier molecular flexibility index (Phi) is 8.02. The first-order chi connectivity index (χ1) is 9.08. The summed E-state index contributed by atoms with van der Waals surface area (Å²) in [4.78, 5) is 17.6. The molecule has 1 saturated heterocycles. The van der Waals surface area contributed by atoms with Crippen LogP contribution in [0, 0.1) is 0 Å². The first kappa shape index (κ1) is 16.4. The normalized spacial score (nSPS) is 17.3. The topological polar surface area (TPSA) is 47.0 Å². The average Bonchev–Trinajstić information content (AvgIpc) is 2.38. The zero-order chi connectivity index (χ0) is 14.1. The van der Waals surface area contributed by atoms with Crippen molar-refractivity contribution in [3.63, 3.8) is 0 Å². The van der Waals surface area contributed by atoms with Gasteiger partial charge < -0.3 is 19.8 Å². The van der Waals surface area contributed by atoms with E-state index in [9.17, 15) is 4.79 Å². The summed E-state index contributed by atoms with van der Waals surface area (Å²) in [6, 6.07) is 0. The van der Waals surface area contributed by atoms with E-state index in [-0.39, 0.29) is 6.42 Å². The van der Waals surface area contributed by atoms with Crippen LogP contribution in [0.25, 0.3) is 0 Å². The fraction of sp³-hybridized carbons (Fsp3) is 0.929. The molecule has 0 amide bonds. The van der Waals surface area contributed by atoms with E-state index >= 15 is 0 Å². The predicted octanol–water partition coefficient (Wildman–Crippen LogP) is 0.811. The molecule has 5 heteroatoms. The Balaban J connectivity index is 2.27. The molecule has 0 aromatic rings. The molecule has 1 aliphatic heterocycles. The Hall–Kier alpha value is -0.650. The number of nitrogens with zero attached hydrogens (tertiary/aromatic N) is 3. The van der Waals surface area contributed by atoms with Crippen LogP contribution in [0.3, 0.4) is 0 Å².